The van der Waals surface area contributed by atoms with Crippen LogP contribution < -0.4 is 4.74 Å². The molecule has 0 unspecified atom stereocenters. The Labute approximate surface area is 139 Å². The molecule has 120 valence electrons. The van der Waals surface area contributed by atoms with E-state index in [0.717, 1.165) is 0 Å². The van der Waals surface area contributed by atoms with E-state index in [1.807, 2.05) is 0 Å². The van der Waals surface area contributed by atoms with Crippen LogP contribution in [-0.4, -0.2) is 31.0 Å². The Morgan fingerprint density at radius 1 is 1.26 bits per heavy atom. The smallest absolute Gasteiger partial charge is 0.246 e. The first-order valence-electron chi connectivity index (χ1n) is 7.12. The summed E-state index contributed by atoms with van der Waals surface area (Å²) in [6.07, 6.45) is 2.99. The molecule has 1 amide bonds. The zero-order chi connectivity index (χ0) is 16.7. The average molecular weight is 334 g/mol. The highest BCUT2D eigenvalue weighted by Crippen LogP contribution is 2.16. The normalized spacial score (nSPS) is 10.7. The van der Waals surface area contributed by atoms with Gasteiger partial charge < -0.3 is 9.64 Å². The topological polar surface area (TPSA) is 29.5 Å². The third-order valence-corrected chi connectivity index (χ3v) is 3.37. The first kappa shape index (κ1) is 17.0. The summed E-state index contributed by atoms with van der Waals surface area (Å²) in [6, 6.07) is 13.1. The Bertz CT molecular complexity index is 703. The summed E-state index contributed by atoms with van der Waals surface area (Å²) in [4.78, 5) is 13.5. The number of nitrogens with zero attached hydrogens (tertiary/aromatic N) is 1. The predicted octanol–water partition coefficient (Wildman–Crippen LogP) is 4.03. The van der Waals surface area contributed by atoms with Crippen molar-refractivity contribution in [3.8, 4) is 5.75 Å². The summed E-state index contributed by atoms with van der Waals surface area (Å²) in [5.41, 5.74) is 0.641. The monoisotopic (exact) mass is 333 g/mol. The minimum absolute atomic E-state index is 0.177. The number of amides is 1. The lowest BCUT2D eigenvalue weighted by Crippen LogP contribution is -2.29. The lowest BCUT2D eigenvalue weighted by molar-refractivity contribution is -0.125. The number of carbonyl (C=O) groups is 1. The molecular formula is C18H17ClFNO2. The Kier molecular flexibility index (Phi) is 6.18. The Morgan fingerprint density at radius 3 is 2.78 bits per heavy atom. The Hall–Kier alpha value is -2.33. The summed E-state index contributed by atoms with van der Waals surface area (Å²) in [5, 5.41) is 0.602. The quantitative estimate of drug-likeness (QED) is 0.747. The number of likely N-dealkylation sites (N-methyl/N-ethyl adjacent to an activating group) is 1. The molecule has 0 fully saturated rings. The minimum Gasteiger partial charge on any atom is -0.492 e. The van der Waals surface area contributed by atoms with E-state index in [4.69, 9.17) is 16.3 Å². The molecule has 5 heteroatoms. The van der Waals surface area contributed by atoms with E-state index in [2.05, 4.69) is 0 Å². The van der Waals surface area contributed by atoms with Crippen LogP contribution in [0.2, 0.25) is 5.02 Å². The van der Waals surface area contributed by atoms with Gasteiger partial charge in [0.2, 0.25) is 5.91 Å². The van der Waals surface area contributed by atoms with E-state index >= 15 is 0 Å². The van der Waals surface area contributed by atoms with Gasteiger partial charge in [-0.25, -0.2) is 4.39 Å². The van der Waals surface area contributed by atoms with Crippen LogP contribution in [0.15, 0.2) is 54.6 Å². The van der Waals surface area contributed by atoms with Crippen molar-refractivity contribution in [2.24, 2.45) is 0 Å². The van der Waals surface area contributed by atoms with E-state index in [0.29, 0.717) is 29.5 Å². The third kappa shape index (κ3) is 5.75. The molecule has 0 saturated carbocycles. The van der Waals surface area contributed by atoms with Gasteiger partial charge >= 0.3 is 0 Å². The van der Waals surface area contributed by atoms with E-state index < -0.39 is 0 Å². The van der Waals surface area contributed by atoms with E-state index in [1.54, 1.807) is 49.5 Å². The second kappa shape index (κ2) is 8.34. The van der Waals surface area contributed by atoms with Crippen molar-refractivity contribution < 1.29 is 13.9 Å². The lowest BCUT2D eigenvalue weighted by atomic mass is 10.2. The van der Waals surface area contributed by atoms with Crippen molar-refractivity contribution in [1.82, 2.24) is 4.90 Å². The van der Waals surface area contributed by atoms with Gasteiger partial charge in [0.05, 0.1) is 6.54 Å². The van der Waals surface area contributed by atoms with Gasteiger partial charge in [-0.3, -0.25) is 4.79 Å². The molecule has 0 aromatic heterocycles. The Morgan fingerprint density at radius 2 is 2.04 bits per heavy atom. The second-order valence-electron chi connectivity index (χ2n) is 4.95. The molecule has 3 nitrogen and oxygen atoms in total. The van der Waals surface area contributed by atoms with E-state index in [9.17, 15) is 9.18 Å². The van der Waals surface area contributed by atoms with Crippen molar-refractivity contribution >= 4 is 23.6 Å². The lowest BCUT2D eigenvalue weighted by Gasteiger charge is -2.15. The van der Waals surface area contributed by atoms with Gasteiger partial charge in [-0.05, 0) is 42.0 Å². The third-order valence-electron chi connectivity index (χ3n) is 3.13. The van der Waals surface area contributed by atoms with Crippen molar-refractivity contribution in [1.29, 1.82) is 0 Å². The van der Waals surface area contributed by atoms with Crippen LogP contribution >= 0.6 is 11.6 Å². The van der Waals surface area contributed by atoms with Crippen LogP contribution in [-0.2, 0) is 4.79 Å². The van der Waals surface area contributed by atoms with Gasteiger partial charge in [-0.15, -0.1) is 0 Å². The molecule has 0 radical (unpaired) electrons. The zero-order valence-corrected chi connectivity index (χ0v) is 13.5. The maximum absolute atomic E-state index is 13.1. The molecule has 2 aromatic carbocycles. The second-order valence-corrected chi connectivity index (χ2v) is 5.39. The molecule has 0 N–H and O–H groups in total. The van der Waals surface area contributed by atoms with Crippen LogP contribution in [0.4, 0.5) is 4.39 Å². The standard InChI is InChI=1S/C18H17ClFNO2/c1-21(10-11-23-17-7-3-5-15(19)13-17)18(22)9-8-14-4-2-6-16(20)12-14/h2-9,12-13H,10-11H2,1H3/b9-8+. The highest BCUT2D eigenvalue weighted by atomic mass is 35.5. The number of halogens is 2. The summed E-state index contributed by atoms with van der Waals surface area (Å²) in [6.45, 7) is 0.787. The van der Waals surface area contributed by atoms with E-state index in [-0.39, 0.29) is 11.7 Å². The van der Waals surface area contributed by atoms with Gasteiger partial charge in [0, 0.05) is 18.1 Å². The number of benzene rings is 2. The molecule has 0 aliphatic rings. The Balaban J connectivity index is 1.80. The molecule has 2 rings (SSSR count). The summed E-state index contributed by atoms with van der Waals surface area (Å²) < 4.78 is 18.6. The molecule has 0 aliphatic carbocycles. The minimum atomic E-state index is -0.331. The van der Waals surface area contributed by atoms with Crippen LogP contribution in [0.5, 0.6) is 5.75 Å². The predicted molar refractivity (Wildman–Crippen MR) is 90.0 cm³/mol. The van der Waals surface area contributed by atoms with Crippen molar-refractivity contribution in [3.63, 3.8) is 0 Å². The fraction of sp³-hybridized carbons (Fsp3) is 0.167. The maximum atomic E-state index is 13.1. The number of carbonyl (C=O) groups excluding carboxylic acids is 1. The highest BCUT2D eigenvalue weighted by Gasteiger charge is 2.05. The van der Waals surface area contributed by atoms with Gasteiger partial charge in [-0.2, -0.15) is 0 Å². The fourth-order valence-corrected chi connectivity index (χ4v) is 2.05. The van der Waals surface area contributed by atoms with E-state index in [1.165, 1.54) is 23.1 Å². The van der Waals surface area contributed by atoms with Gasteiger partial charge in [0.15, 0.2) is 0 Å². The van der Waals surface area contributed by atoms with Gasteiger partial charge in [0.25, 0.3) is 0 Å². The zero-order valence-electron chi connectivity index (χ0n) is 12.7. The average Bonchev–Trinajstić information content (AvgIpc) is 2.52. The molecular weight excluding hydrogens is 317 g/mol. The molecule has 2 aromatic rings. The van der Waals surface area contributed by atoms with Crippen molar-refractivity contribution in [3.05, 3.63) is 71.0 Å². The van der Waals surface area contributed by atoms with Crippen LogP contribution in [0.1, 0.15) is 5.56 Å². The number of hydrogen-bond acceptors (Lipinski definition) is 2. The van der Waals surface area contributed by atoms with Crippen LogP contribution in [0, 0.1) is 5.82 Å². The molecule has 0 atom stereocenters. The maximum Gasteiger partial charge on any atom is 0.246 e. The molecule has 0 saturated heterocycles. The van der Waals surface area contributed by atoms with Crippen LogP contribution in [0.3, 0.4) is 0 Å². The molecule has 0 aliphatic heterocycles. The summed E-state index contributed by atoms with van der Waals surface area (Å²) >= 11 is 5.87. The summed E-state index contributed by atoms with van der Waals surface area (Å²) in [5.74, 6) is 0.153. The first-order chi connectivity index (χ1) is 11.0. The highest BCUT2D eigenvalue weighted by molar-refractivity contribution is 6.30. The summed E-state index contributed by atoms with van der Waals surface area (Å²) in [7, 11) is 1.68. The molecule has 0 bridgehead atoms. The fourth-order valence-electron chi connectivity index (χ4n) is 1.87. The SMILES string of the molecule is CN(CCOc1cccc(Cl)c1)C(=O)/C=C/c1cccc(F)c1. The molecule has 0 spiro atoms. The number of ether oxygens (including phenoxy) is 1. The van der Waals surface area contributed by atoms with Crippen molar-refractivity contribution in [2.45, 2.75) is 0 Å². The van der Waals surface area contributed by atoms with Crippen molar-refractivity contribution in [2.75, 3.05) is 20.2 Å². The first-order valence-corrected chi connectivity index (χ1v) is 7.49. The largest absolute Gasteiger partial charge is 0.492 e. The molecule has 23 heavy (non-hydrogen) atoms. The van der Waals surface area contributed by atoms with Gasteiger partial charge in [0.1, 0.15) is 18.2 Å². The number of hydrogen-bond donors (Lipinski definition) is 0. The molecule has 0 heterocycles. The number of rotatable bonds is 6. The van der Waals surface area contributed by atoms with Crippen LogP contribution in [0.25, 0.3) is 6.08 Å². The van der Waals surface area contributed by atoms with Gasteiger partial charge in [-0.1, -0.05) is 29.8 Å².